The Labute approximate surface area is 190 Å². The van der Waals surface area contributed by atoms with Crippen molar-refractivity contribution in [1.29, 1.82) is 0 Å². The average Bonchev–Trinajstić information content (AvgIpc) is 3.04. The minimum atomic E-state index is -0.294. The van der Waals surface area contributed by atoms with Gasteiger partial charge in [-0.2, -0.15) is 0 Å². The number of hydrogen-bond acceptors (Lipinski definition) is 2. The number of carbonyl (C=O) groups excluding carboxylic acids is 1. The van der Waals surface area contributed by atoms with Gasteiger partial charge in [-0.25, -0.2) is 0 Å². The summed E-state index contributed by atoms with van der Waals surface area (Å²) in [6.07, 6.45) is 1.91. The summed E-state index contributed by atoms with van der Waals surface area (Å²) in [5, 5.41) is 5.12. The molecule has 0 spiro atoms. The van der Waals surface area contributed by atoms with Gasteiger partial charge in [0.05, 0.1) is 6.04 Å². The summed E-state index contributed by atoms with van der Waals surface area (Å²) in [7, 11) is 0. The highest BCUT2D eigenvalue weighted by molar-refractivity contribution is 6.32. The molecular formula is C24H19Cl3N2O. The van der Waals surface area contributed by atoms with Gasteiger partial charge in [0, 0.05) is 26.4 Å². The lowest BCUT2D eigenvalue weighted by atomic mass is 10.1. The molecule has 152 valence electrons. The van der Waals surface area contributed by atoms with Crippen molar-refractivity contribution in [2.45, 2.75) is 19.9 Å². The highest BCUT2D eigenvalue weighted by Gasteiger charge is 2.35. The first-order valence-electron chi connectivity index (χ1n) is 9.43. The molecule has 1 aliphatic rings. The van der Waals surface area contributed by atoms with Crippen LogP contribution < -0.4 is 10.2 Å². The third-order valence-corrected chi connectivity index (χ3v) is 6.21. The molecule has 0 saturated heterocycles. The number of benzene rings is 3. The van der Waals surface area contributed by atoms with Crippen molar-refractivity contribution in [3.05, 3.63) is 104 Å². The SMILES string of the molecule is Cc1ccc(NC2=C[C@H](c3ccc(Cl)cc3)N(c3ccc(C)c(Cl)c3)C2=O)cc1Cl. The molecule has 0 aliphatic carbocycles. The van der Waals surface area contributed by atoms with Crippen LogP contribution in [0.25, 0.3) is 0 Å². The molecule has 4 rings (SSSR count). The zero-order valence-electron chi connectivity index (χ0n) is 16.4. The number of rotatable bonds is 4. The van der Waals surface area contributed by atoms with E-state index >= 15 is 0 Å². The largest absolute Gasteiger partial charge is 0.351 e. The highest BCUT2D eigenvalue weighted by atomic mass is 35.5. The quantitative estimate of drug-likeness (QED) is 0.444. The van der Waals surface area contributed by atoms with Gasteiger partial charge < -0.3 is 5.32 Å². The molecule has 0 saturated carbocycles. The molecule has 1 N–H and O–H groups in total. The zero-order valence-corrected chi connectivity index (χ0v) is 18.7. The fourth-order valence-corrected chi connectivity index (χ4v) is 3.88. The fourth-order valence-electron chi connectivity index (χ4n) is 3.40. The number of nitrogens with one attached hydrogen (secondary N) is 1. The van der Waals surface area contributed by atoms with Crippen LogP contribution in [0.5, 0.6) is 0 Å². The Morgan fingerprint density at radius 3 is 2.10 bits per heavy atom. The number of carbonyl (C=O) groups is 1. The maximum atomic E-state index is 13.4. The first kappa shape index (κ1) is 20.8. The van der Waals surface area contributed by atoms with Crippen molar-refractivity contribution in [3.63, 3.8) is 0 Å². The number of halogens is 3. The van der Waals surface area contributed by atoms with Gasteiger partial charge in [-0.1, -0.05) is 59.1 Å². The van der Waals surface area contributed by atoms with E-state index in [-0.39, 0.29) is 11.9 Å². The summed E-state index contributed by atoms with van der Waals surface area (Å²) in [5.74, 6) is -0.147. The predicted octanol–water partition coefficient (Wildman–Crippen LogP) is 7.35. The van der Waals surface area contributed by atoms with E-state index in [4.69, 9.17) is 34.8 Å². The van der Waals surface area contributed by atoms with Crippen molar-refractivity contribution in [1.82, 2.24) is 0 Å². The Morgan fingerprint density at radius 1 is 0.833 bits per heavy atom. The topological polar surface area (TPSA) is 32.3 Å². The van der Waals surface area contributed by atoms with E-state index < -0.39 is 0 Å². The Kier molecular flexibility index (Phi) is 5.79. The van der Waals surface area contributed by atoms with Gasteiger partial charge in [0.2, 0.25) is 0 Å². The smallest absolute Gasteiger partial charge is 0.275 e. The third-order valence-electron chi connectivity index (χ3n) is 5.15. The van der Waals surface area contributed by atoms with Gasteiger partial charge in [-0.3, -0.25) is 9.69 Å². The molecule has 0 radical (unpaired) electrons. The van der Waals surface area contributed by atoms with Gasteiger partial charge in [0.25, 0.3) is 5.91 Å². The summed E-state index contributed by atoms with van der Waals surface area (Å²) in [5.41, 5.74) is 4.84. The zero-order chi connectivity index (χ0) is 21.4. The number of nitrogens with zero attached hydrogens (tertiary/aromatic N) is 1. The molecule has 6 heteroatoms. The summed E-state index contributed by atoms with van der Waals surface area (Å²) in [6, 6.07) is 18.5. The van der Waals surface area contributed by atoms with E-state index in [0.717, 1.165) is 28.1 Å². The van der Waals surface area contributed by atoms with Gasteiger partial charge in [-0.15, -0.1) is 0 Å². The second kappa shape index (κ2) is 8.35. The van der Waals surface area contributed by atoms with Crippen LogP contribution in [0.3, 0.4) is 0 Å². The van der Waals surface area contributed by atoms with E-state index in [2.05, 4.69) is 5.32 Å². The molecule has 1 atom stereocenters. The van der Waals surface area contributed by atoms with E-state index in [1.54, 1.807) is 4.90 Å². The minimum absolute atomic E-state index is 0.147. The third kappa shape index (κ3) is 4.06. The molecule has 30 heavy (non-hydrogen) atoms. The Hall–Kier alpha value is -2.46. The monoisotopic (exact) mass is 456 g/mol. The standard InChI is InChI=1S/C24H19Cl3N2O/c1-14-3-9-18(11-20(14)26)28-22-13-23(16-5-7-17(25)8-6-16)29(24(22)30)19-10-4-15(2)21(27)12-19/h3-13,23,28H,1-2H3/t23-/m1/s1. The lowest BCUT2D eigenvalue weighted by molar-refractivity contribution is -0.114. The van der Waals surface area contributed by atoms with Gasteiger partial charge in [0.15, 0.2) is 0 Å². The van der Waals surface area contributed by atoms with Crippen molar-refractivity contribution in [3.8, 4) is 0 Å². The first-order chi connectivity index (χ1) is 14.3. The van der Waals surface area contributed by atoms with Crippen LogP contribution in [0.1, 0.15) is 22.7 Å². The van der Waals surface area contributed by atoms with Gasteiger partial charge in [-0.05, 0) is 73.0 Å². The van der Waals surface area contributed by atoms with Crippen LogP contribution >= 0.6 is 34.8 Å². The van der Waals surface area contributed by atoms with Gasteiger partial charge >= 0.3 is 0 Å². The van der Waals surface area contributed by atoms with E-state index in [9.17, 15) is 4.79 Å². The molecule has 0 fully saturated rings. The normalized spacial score (nSPS) is 16.0. The highest BCUT2D eigenvalue weighted by Crippen LogP contribution is 2.38. The van der Waals surface area contributed by atoms with Crippen molar-refractivity contribution >= 4 is 52.1 Å². The van der Waals surface area contributed by atoms with Crippen LogP contribution in [0.2, 0.25) is 15.1 Å². The van der Waals surface area contributed by atoms with Crippen molar-refractivity contribution in [2.24, 2.45) is 0 Å². The summed E-state index contributed by atoms with van der Waals surface area (Å²) in [4.78, 5) is 15.1. The molecule has 1 aliphatic heterocycles. The molecule has 0 aromatic heterocycles. The number of hydrogen-bond donors (Lipinski definition) is 1. The summed E-state index contributed by atoms with van der Waals surface area (Å²) in [6.45, 7) is 3.87. The van der Waals surface area contributed by atoms with Crippen LogP contribution in [0.15, 0.2) is 72.4 Å². The number of amides is 1. The van der Waals surface area contributed by atoms with Crippen molar-refractivity contribution in [2.75, 3.05) is 10.2 Å². The summed E-state index contributed by atoms with van der Waals surface area (Å²) < 4.78 is 0. The van der Waals surface area contributed by atoms with Crippen LogP contribution in [0, 0.1) is 13.8 Å². The van der Waals surface area contributed by atoms with E-state index in [1.807, 2.05) is 80.6 Å². The van der Waals surface area contributed by atoms with E-state index in [1.165, 1.54) is 0 Å². The lowest BCUT2D eigenvalue weighted by Gasteiger charge is -2.26. The van der Waals surface area contributed by atoms with Crippen LogP contribution in [-0.2, 0) is 4.79 Å². The van der Waals surface area contributed by atoms with E-state index in [0.29, 0.717) is 20.8 Å². The minimum Gasteiger partial charge on any atom is -0.351 e. The predicted molar refractivity (Wildman–Crippen MR) is 126 cm³/mol. The van der Waals surface area contributed by atoms with Crippen molar-refractivity contribution < 1.29 is 4.79 Å². The Bertz CT molecular complexity index is 1160. The second-order valence-electron chi connectivity index (χ2n) is 7.27. The molecule has 1 amide bonds. The first-order valence-corrected chi connectivity index (χ1v) is 10.6. The second-order valence-corrected chi connectivity index (χ2v) is 8.53. The molecular weight excluding hydrogens is 439 g/mol. The molecule has 0 bridgehead atoms. The maximum Gasteiger partial charge on any atom is 0.275 e. The number of aryl methyl sites for hydroxylation is 2. The molecule has 3 aromatic rings. The van der Waals surface area contributed by atoms with Crippen LogP contribution in [-0.4, -0.2) is 5.91 Å². The molecule has 0 unspecified atom stereocenters. The Balaban J connectivity index is 1.74. The summed E-state index contributed by atoms with van der Waals surface area (Å²) >= 11 is 18.7. The fraction of sp³-hybridized carbons (Fsp3) is 0.125. The Morgan fingerprint density at radius 2 is 1.47 bits per heavy atom. The lowest BCUT2D eigenvalue weighted by Crippen LogP contribution is -2.30. The molecule has 3 aromatic carbocycles. The number of anilines is 2. The average molecular weight is 458 g/mol. The van der Waals surface area contributed by atoms with Gasteiger partial charge in [0.1, 0.15) is 5.70 Å². The molecule has 3 nitrogen and oxygen atoms in total. The molecule has 1 heterocycles. The maximum absolute atomic E-state index is 13.4. The van der Waals surface area contributed by atoms with Crippen LogP contribution in [0.4, 0.5) is 11.4 Å².